The summed E-state index contributed by atoms with van der Waals surface area (Å²) < 4.78 is 16.0. The SMILES string of the molecule is COCCOc1ccc(N2C(=O)Cc3c(N)ncnc32)cc1NC(=O)OC(C)(C)C. The van der Waals surface area contributed by atoms with Gasteiger partial charge in [0.1, 0.15) is 35.9 Å². The van der Waals surface area contributed by atoms with Crippen LogP contribution in [0.4, 0.5) is 27.8 Å². The number of amides is 2. The van der Waals surface area contributed by atoms with E-state index in [4.69, 9.17) is 19.9 Å². The van der Waals surface area contributed by atoms with Gasteiger partial charge in [0.2, 0.25) is 5.91 Å². The van der Waals surface area contributed by atoms with Crippen molar-refractivity contribution in [2.75, 3.05) is 36.3 Å². The van der Waals surface area contributed by atoms with Crippen LogP contribution in [0.1, 0.15) is 26.3 Å². The number of nitrogens with two attached hydrogens (primary N) is 1. The Hall–Kier alpha value is -3.40. The molecule has 2 heterocycles. The topological polar surface area (TPSA) is 129 Å². The van der Waals surface area contributed by atoms with Crippen LogP contribution < -0.4 is 20.7 Å². The molecule has 0 saturated carbocycles. The van der Waals surface area contributed by atoms with Crippen molar-refractivity contribution in [1.82, 2.24) is 9.97 Å². The predicted octanol–water partition coefficient (Wildman–Crippen LogP) is 2.65. The molecule has 0 aliphatic carbocycles. The lowest BCUT2D eigenvalue weighted by molar-refractivity contribution is -0.116. The normalized spacial score (nSPS) is 13.2. The maximum atomic E-state index is 12.6. The van der Waals surface area contributed by atoms with E-state index in [0.717, 1.165) is 0 Å². The molecular weight excluding hydrogens is 390 g/mol. The quantitative estimate of drug-likeness (QED) is 0.689. The maximum Gasteiger partial charge on any atom is 0.412 e. The zero-order valence-corrected chi connectivity index (χ0v) is 17.4. The summed E-state index contributed by atoms with van der Waals surface area (Å²) in [4.78, 5) is 34.5. The Morgan fingerprint density at radius 2 is 2.03 bits per heavy atom. The first-order valence-electron chi connectivity index (χ1n) is 9.37. The lowest BCUT2D eigenvalue weighted by atomic mass is 10.2. The van der Waals surface area contributed by atoms with Crippen LogP contribution in [-0.2, 0) is 20.7 Å². The molecule has 1 aliphatic heterocycles. The number of nitrogens with zero attached hydrogens (tertiary/aromatic N) is 3. The van der Waals surface area contributed by atoms with Crippen molar-refractivity contribution >= 4 is 35.0 Å². The Kier molecular flexibility index (Phi) is 6.06. The summed E-state index contributed by atoms with van der Waals surface area (Å²) in [5.41, 5.74) is 6.64. The monoisotopic (exact) mass is 415 g/mol. The van der Waals surface area contributed by atoms with Gasteiger partial charge in [0.15, 0.2) is 0 Å². The van der Waals surface area contributed by atoms with Gasteiger partial charge in [0.25, 0.3) is 0 Å². The van der Waals surface area contributed by atoms with Crippen molar-refractivity contribution in [3.05, 3.63) is 30.1 Å². The smallest absolute Gasteiger partial charge is 0.412 e. The fourth-order valence-corrected chi connectivity index (χ4v) is 2.92. The van der Waals surface area contributed by atoms with Gasteiger partial charge in [0.05, 0.1) is 24.4 Å². The second kappa shape index (κ2) is 8.54. The lowest BCUT2D eigenvalue weighted by Crippen LogP contribution is -2.27. The molecule has 0 saturated heterocycles. The van der Waals surface area contributed by atoms with E-state index < -0.39 is 11.7 Å². The van der Waals surface area contributed by atoms with Gasteiger partial charge in [-0.15, -0.1) is 0 Å². The van der Waals surface area contributed by atoms with E-state index in [1.54, 1.807) is 46.1 Å². The predicted molar refractivity (Wildman–Crippen MR) is 111 cm³/mol. The van der Waals surface area contributed by atoms with Gasteiger partial charge in [-0.1, -0.05) is 0 Å². The highest BCUT2D eigenvalue weighted by Gasteiger charge is 2.32. The molecule has 0 radical (unpaired) electrons. The van der Waals surface area contributed by atoms with Gasteiger partial charge in [-0.25, -0.2) is 14.8 Å². The Morgan fingerprint density at radius 3 is 2.73 bits per heavy atom. The molecule has 1 aromatic heterocycles. The number of fused-ring (bicyclic) bond motifs is 1. The molecule has 2 amide bonds. The second-order valence-electron chi connectivity index (χ2n) is 7.62. The van der Waals surface area contributed by atoms with E-state index in [-0.39, 0.29) is 24.8 Å². The highest BCUT2D eigenvalue weighted by atomic mass is 16.6. The molecule has 0 bridgehead atoms. The standard InChI is InChI=1S/C20H25N5O5/c1-20(2,3)30-19(27)24-14-9-12(5-6-15(14)29-8-7-28-4)25-16(26)10-13-17(21)22-11-23-18(13)25/h5-6,9,11H,7-8,10H2,1-4H3,(H,24,27)(H2,21,22,23). The molecule has 10 nitrogen and oxygen atoms in total. The zero-order valence-electron chi connectivity index (χ0n) is 17.4. The molecule has 10 heteroatoms. The number of carbonyl (C=O) groups is 2. The molecule has 1 aromatic carbocycles. The molecule has 3 N–H and O–H groups in total. The summed E-state index contributed by atoms with van der Waals surface area (Å²) in [7, 11) is 1.57. The Morgan fingerprint density at radius 1 is 1.27 bits per heavy atom. The van der Waals surface area contributed by atoms with Gasteiger partial charge in [-0.3, -0.25) is 15.0 Å². The summed E-state index contributed by atoms with van der Waals surface area (Å²) in [6.07, 6.45) is 0.765. The summed E-state index contributed by atoms with van der Waals surface area (Å²) in [5.74, 6) is 0.899. The highest BCUT2D eigenvalue weighted by molar-refractivity contribution is 6.07. The summed E-state index contributed by atoms with van der Waals surface area (Å²) in [6, 6.07) is 4.98. The van der Waals surface area contributed by atoms with Gasteiger partial charge in [-0.2, -0.15) is 0 Å². The van der Waals surface area contributed by atoms with E-state index in [1.165, 1.54) is 11.2 Å². The number of aromatic nitrogens is 2. The van der Waals surface area contributed by atoms with Crippen LogP contribution in [0.2, 0.25) is 0 Å². The number of hydrogen-bond donors (Lipinski definition) is 2. The number of rotatable bonds is 6. The zero-order chi connectivity index (χ0) is 21.9. The first-order valence-corrected chi connectivity index (χ1v) is 9.37. The van der Waals surface area contributed by atoms with Gasteiger partial charge < -0.3 is 19.9 Å². The third kappa shape index (κ3) is 4.77. The van der Waals surface area contributed by atoms with Crippen LogP contribution in [0.15, 0.2) is 24.5 Å². The summed E-state index contributed by atoms with van der Waals surface area (Å²) in [6.45, 7) is 5.96. The van der Waals surface area contributed by atoms with Crippen molar-refractivity contribution in [3.63, 3.8) is 0 Å². The van der Waals surface area contributed by atoms with Crippen LogP contribution in [0.5, 0.6) is 5.75 Å². The van der Waals surface area contributed by atoms with Gasteiger partial charge >= 0.3 is 6.09 Å². The van der Waals surface area contributed by atoms with Gasteiger partial charge in [0, 0.05) is 12.7 Å². The maximum absolute atomic E-state index is 12.6. The Balaban J connectivity index is 1.94. The van der Waals surface area contributed by atoms with E-state index in [2.05, 4.69) is 15.3 Å². The largest absolute Gasteiger partial charge is 0.489 e. The van der Waals surface area contributed by atoms with Crippen LogP contribution >= 0.6 is 0 Å². The van der Waals surface area contributed by atoms with Crippen molar-refractivity contribution in [3.8, 4) is 5.75 Å². The van der Waals surface area contributed by atoms with Crippen molar-refractivity contribution in [1.29, 1.82) is 0 Å². The van der Waals surface area contributed by atoms with Crippen LogP contribution in [0.3, 0.4) is 0 Å². The minimum Gasteiger partial charge on any atom is -0.489 e. The van der Waals surface area contributed by atoms with Crippen LogP contribution in [0.25, 0.3) is 0 Å². The molecule has 3 rings (SSSR count). The average molecular weight is 415 g/mol. The molecule has 160 valence electrons. The molecular formula is C20H25N5O5. The van der Waals surface area contributed by atoms with Crippen LogP contribution in [-0.4, -0.2) is 47.9 Å². The van der Waals surface area contributed by atoms with E-state index in [9.17, 15) is 9.59 Å². The molecule has 30 heavy (non-hydrogen) atoms. The minimum absolute atomic E-state index is 0.100. The van der Waals surface area contributed by atoms with Crippen LogP contribution in [0, 0.1) is 0 Å². The number of hydrogen-bond acceptors (Lipinski definition) is 8. The highest BCUT2D eigenvalue weighted by Crippen LogP contribution is 2.38. The molecule has 2 aromatic rings. The fourth-order valence-electron chi connectivity index (χ4n) is 2.92. The number of carbonyl (C=O) groups excluding carboxylic acids is 2. The first-order chi connectivity index (χ1) is 14.2. The van der Waals surface area contributed by atoms with E-state index >= 15 is 0 Å². The average Bonchev–Trinajstić information content (AvgIpc) is 2.99. The van der Waals surface area contributed by atoms with Crippen molar-refractivity contribution in [2.24, 2.45) is 0 Å². The first kappa shape index (κ1) is 21.3. The van der Waals surface area contributed by atoms with E-state index in [0.29, 0.717) is 35.1 Å². The lowest BCUT2D eigenvalue weighted by Gasteiger charge is -2.22. The number of nitrogen functional groups attached to an aromatic ring is 1. The number of methoxy groups -OCH3 is 1. The van der Waals surface area contributed by atoms with Crippen molar-refractivity contribution < 1.29 is 23.8 Å². The minimum atomic E-state index is -0.670. The Bertz CT molecular complexity index is 957. The van der Waals surface area contributed by atoms with Gasteiger partial charge in [-0.05, 0) is 39.0 Å². The third-order valence-electron chi connectivity index (χ3n) is 4.15. The third-order valence-corrected chi connectivity index (χ3v) is 4.15. The number of ether oxygens (including phenoxy) is 3. The molecule has 0 fully saturated rings. The van der Waals surface area contributed by atoms with Crippen molar-refractivity contribution in [2.45, 2.75) is 32.8 Å². The molecule has 0 unspecified atom stereocenters. The summed E-state index contributed by atoms with van der Waals surface area (Å²) >= 11 is 0. The fraction of sp³-hybridized carbons (Fsp3) is 0.400. The van der Waals surface area contributed by atoms with E-state index in [1.807, 2.05) is 0 Å². The molecule has 1 aliphatic rings. The summed E-state index contributed by atoms with van der Waals surface area (Å²) in [5, 5.41) is 2.69. The number of anilines is 4. The number of benzene rings is 1. The molecule has 0 atom stereocenters. The molecule has 0 spiro atoms. The second-order valence-corrected chi connectivity index (χ2v) is 7.62. The number of nitrogens with one attached hydrogen (secondary N) is 1. The Labute approximate surface area is 174 Å².